The van der Waals surface area contributed by atoms with Crippen molar-refractivity contribution in [2.45, 2.75) is 0 Å². The minimum absolute atomic E-state index is 0.0499. The number of benzene rings is 2. The van der Waals surface area contributed by atoms with Gasteiger partial charge in [-0.1, -0.05) is 48.0 Å². The molecule has 0 N–H and O–H groups in total. The number of rotatable bonds is 2. The van der Waals surface area contributed by atoms with Gasteiger partial charge in [0, 0.05) is 42.0 Å². The Hall–Kier alpha value is -2.04. The summed E-state index contributed by atoms with van der Waals surface area (Å²) in [5.74, 6) is 0.0499. The highest BCUT2D eigenvalue weighted by Crippen LogP contribution is 2.36. The van der Waals surface area contributed by atoms with E-state index < -0.39 is 0 Å². The minimum Gasteiger partial charge on any atom is -0.368 e. The van der Waals surface area contributed by atoms with Gasteiger partial charge in [-0.15, -0.1) is 11.3 Å². The number of halogens is 1. The molecule has 2 heterocycles. The number of thiophene rings is 1. The molecule has 4 rings (SSSR count). The van der Waals surface area contributed by atoms with Crippen molar-refractivity contribution < 1.29 is 4.79 Å². The number of carbonyl (C=O) groups excluding carboxylic acids is 1. The van der Waals surface area contributed by atoms with Crippen LogP contribution in [0.1, 0.15) is 9.67 Å². The Bertz CT molecular complexity index is 869. The summed E-state index contributed by atoms with van der Waals surface area (Å²) in [5, 5.41) is 1.56. The van der Waals surface area contributed by atoms with Crippen molar-refractivity contribution in [3.05, 3.63) is 64.5 Å². The van der Waals surface area contributed by atoms with E-state index in [4.69, 9.17) is 11.6 Å². The highest BCUT2D eigenvalue weighted by Gasteiger charge is 2.26. The van der Waals surface area contributed by atoms with Crippen LogP contribution in [0.4, 0.5) is 5.69 Å². The van der Waals surface area contributed by atoms with Gasteiger partial charge in [-0.05, 0) is 18.2 Å². The Kier molecular flexibility index (Phi) is 4.17. The maximum Gasteiger partial charge on any atom is 0.265 e. The quantitative estimate of drug-likeness (QED) is 0.674. The van der Waals surface area contributed by atoms with E-state index in [2.05, 4.69) is 17.0 Å². The molecule has 3 nitrogen and oxygen atoms in total. The molecule has 1 saturated heterocycles. The fourth-order valence-corrected chi connectivity index (χ4v) is 4.58. The summed E-state index contributed by atoms with van der Waals surface area (Å²) in [6.07, 6.45) is 0. The molecule has 3 aromatic rings. The molecule has 0 aliphatic carbocycles. The first kappa shape index (κ1) is 15.5. The Labute approximate surface area is 150 Å². The lowest BCUT2D eigenvalue weighted by Crippen LogP contribution is -2.48. The number of hydrogen-bond donors (Lipinski definition) is 0. The maximum absolute atomic E-state index is 12.9. The second-order valence-electron chi connectivity index (χ2n) is 5.86. The van der Waals surface area contributed by atoms with Crippen LogP contribution >= 0.6 is 22.9 Å². The summed E-state index contributed by atoms with van der Waals surface area (Å²) in [6.45, 7) is 3.13. The molecule has 0 unspecified atom stereocenters. The monoisotopic (exact) mass is 356 g/mol. The molecule has 1 aromatic heterocycles. The van der Waals surface area contributed by atoms with E-state index in [0.717, 1.165) is 36.3 Å². The lowest BCUT2D eigenvalue weighted by Gasteiger charge is -2.36. The first-order valence-corrected chi connectivity index (χ1v) is 9.20. The largest absolute Gasteiger partial charge is 0.368 e. The average molecular weight is 357 g/mol. The van der Waals surface area contributed by atoms with Crippen molar-refractivity contribution in [2.24, 2.45) is 0 Å². The summed E-state index contributed by atoms with van der Waals surface area (Å²) in [7, 11) is 0. The molecule has 122 valence electrons. The molecule has 1 fully saturated rings. The predicted molar refractivity (Wildman–Crippen MR) is 101 cm³/mol. The SMILES string of the molecule is O=C(c1sc2ccccc2c1Cl)N1CCN(c2ccccc2)CC1. The summed E-state index contributed by atoms with van der Waals surface area (Å²) in [4.78, 5) is 17.8. The van der Waals surface area contributed by atoms with Crippen molar-refractivity contribution in [3.63, 3.8) is 0 Å². The first-order chi connectivity index (χ1) is 11.7. The Morgan fingerprint density at radius 2 is 1.58 bits per heavy atom. The third-order valence-corrected chi connectivity index (χ3v) is 6.08. The Morgan fingerprint density at radius 3 is 2.29 bits per heavy atom. The van der Waals surface area contributed by atoms with E-state index in [9.17, 15) is 4.79 Å². The van der Waals surface area contributed by atoms with Crippen LogP contribution in [0.3, 0.4) is 0 Å². The molecule has 24 heavy (non-hydrogen) atoms. The number of amides is 1. The smallest absolute Gasteiger partial charge is 0.265 e. The third kappa shape index (κ3) is 2.76. The van der Waals surface area contributed by atoms with Gasteiger partial charge in [-0.3, -0.25) is 4.79 Å². The van der Waals surface area contributed by atoms with Crippen LogP contribution in [-0.2, 0) is 0 Å². The molecule has 2 aromatic carbocycles. The minimum atomic E-state index is 0.0499. The molecule has 0 spiro atoms. The molecular formula is C19H17ClN2OS. The lowest BCUT2D eigenvalue weighted by atomic mass is 10.2. The third-order valence-electron chi connectivity index (χ3n) is 4.42. The number of fused-ring (bicyclic) bond motifs is 1. The number of anilines is 1. The zero-order chi connectivity index (χ0) is 16.5. The molecule has 1 amide bonds. The van der Waals surface area contributed by atoms with Crippen molar-refractivity contribution in [2.75, 3.05) is 31.1 Å². The summed E-state index contributed by atoms with van der Waals surface area (Å²) < 4.78 is 1.06. The Morgan fingerprint density at radius 1 is 0.917 bits per heavy atom. The second kappa shape index (κ2) is 6.46. The van der Waals surface area contributed by atoms with Crippen LogP contribution in [0.15, 0.2) is 54.6 Å². The lowest BCUT2D eigenvalue weighted by molar-refractivity contribution is 0.0752. The molecule has 1 aliphatic heterocycles. The van der Waals surface area contributed by atoms with Crippen LogP contribution in [-0.4, -0.2) is 37.0 Å². The van der Waals surface area contributed by atoms with Crippen LogP contribution in [0.25, 0.3) is 10.1 Å². The van der Waals surface area contributed by atoms with E-state index in [1.165, 1.54) is 17.0 Å². The topological polar surface area (TPSA) is 23.6 Å². The molecule has 0 atom stereocenters. The van der Waals surface area contributed by atoms with E-state index in [0.29, 0.717) is 9.90 Å². The molecule has 0 bridgehead atoms. The molecule has 0 radical (unpaired) electrons. The van der Waals surface area contributed by atoms with Gasteiger partial charge in [-0.25, -0.2) is 0 Å². The van der Waals surface area contributed by atoms with Gasteiger partial charge in [0.15, 0.2) is 0 Å². The van der Waals surface area contributed by atoms with Crippen LogP contribution in [0.5, 0.6) is 0 Å². The van der Waals surface area contributed by atoms with E-state index in [-0.39, 0.29) is 5.91 Å². The van der Waals surface area contributed by atoms with Gasteiger partial charge in [-0.2, -0.15) is 0 Å². The van der Waals surface area contributed by atoms with Crippen LogP contribution in [0, 0.1) is 0 Å². The number of hydrogen-bond acceptors (Lipinski definition) is 3. The number of para-hydroxylation sites is 1. The second-order valence-corrected chi connectivity index (χ2v) is 7.29. The van der Waals surface area contributed by atoms with E-state index in [1.54, 1.807) is 0 Å². The van der Waals surface area contributed by atoms with Gasteiger partial charge in [0.25, 0.3) is 5.91 Å². The average Bonchev–Trinajstić information content (AvgIpc) is 2.99. The van der Waals surface area contributed by atoms with Crippen molar-refractivity contribution in [1.82, 2.24) is 4.90 Å². The van der Waals surface area contributed by atoms with E-state index >= 15 is 0 Å². The van der Waals surface area contributed by atoms with Crippen molar-refractivity contribution in [3.8, 4) is 0 Å². The number of nitrogens with zero attached hydrogens (tertiary/aromatic N) is 2. The molecular weight excluding hydrogens is 340 g/mol. The Balaban J connectivity index is 1.51. The molecule has 5 heteroatoms. The first-order valence-electron chi connectivity index (χ1n) is 8.00. The van der Waals surface area contributed by atoms with Gasteiger partial charge in [0.1, 0.15) is 4.88 Å². The standard InChI is InChI=1S/C19H17ClN2OS/c20-17-15-8-4-5-9-16(15)24-18(17)19(23)22-12-10-21(11-13-22)14-6-2-1-3-7-14/h1-9H,10-13H2. The summed E-state index contributed by atoms with van der Waals surface area (Å²) in [5.41, 5.74) is 1.21. The normalized spacial score (nSPS) is 15.0. The fourth-order valence-electron chi connectivity index (χ4n) is 3.10. The summed E-state index contributed by atoms with van der Waals surface area (Å²) >= 11 is 7.93. The zero-order valence-electron chi connectivity index (χ0n) is 13.1. The highest BCUT2D eigenvalue weighted by molar-refractivity contribution is 7.21. The zero-order valence-corrected chi connectivity index (χ0v) is 14.7. The number of carbonyl (C=O) groups is 1. The van der Waals surface area contributed by atoms with Gasteiger partial charge >= 0.3 is 0 Å². The summed E-state index contributed by atoms with van der Waals surface area (Å²) in [6, 6.07) is 18.2. The highest BCUT2D eigenvalue weighted by atomic mass is 35.5. The van der Waals surface area contributed by atoms with Crippen molar-refractivity contribution in [1.29, 1.82) is 0 Å². The van der Waals surface area contributed by atoms with Gasteiger partial charge in [0.05, 0.1) is 5.02 Å². The van der Waals surface area contributed by atoms with Crippen LogP contribution in [0.2, 0.25) is 5.02 Å². The predicted octanol–water partition coefficient (Wildman–Crippen LogP) is 4.52. The van der Waals surface area contributed by atoms with Crippen molar-refractivity contribution >= 4 is 44.6 Å². The van der Waals surface area contributed by atoms with Gasteiger partial charge < -0.3 is 9.80 Å². The maximum atomic E-state index is 12.9. The van der Waals surface area contributed by atoms with Crippen LogP contribution < -0.4 is 4.90 Å². The molecule has 1 aliphatic rings. The fraction of sp³-hybridized carbons (Fsp3) is 0.211. The van der Waals surface area contributed by atoms with E-state index in [1.807, 2.05) is 47.4 Å². The van der Waals surface area contributed by atoms with Gasteiger partial charge in [0.2, 0.25) is 0 Å². The number of piperazine rings is 1. The molecule has 0 saturated carbocycles.